The smallest absolute Gasteiger partial charge is 0.136 e. The molecule has 0 N–H and O–H groups in total. The molecule has 0 spiro atoms. The number of rotatable bonds is 5. The van der Waals surface area contributed by atoms with Gasteiger partial charge in [-0.15, -0.1) is 0 Å². The Morgan fingerprint density at radius 2 is 0.960 bits per heavy atom. The van der Waals surface area contributed by atoms with E-state index < -0.39 is 0 Å². The van der Waals surface area contributed by atoms with E-state index in [0.29, 0.717) is 0 Å². The first-order chi connectivity index (χ1) is 24.8. The van der Waals surface area contributed by atoms with Crippen LogP contribution in [0.4, 0.5) is 17.1 Å². The minimum atomic E-state index is 0.884. The van der Waals surface area contributed by atoms with Crippen LogP contribution in [-0.2, 0) is 0 Å². The third-order valence-electron chi connectivity index (χ3n) is 10.0. The molecule has 0 atom stereocenters. The number of fused-ring (bicyclic) bond motifs is 8. The lowest BCUT2D eigenvalue weighted by Crippen LogP contribution is -2.11. The van der Waals surface area contributed by atoms with Gasteiger partial charge in [0.1, 0.15) is 11.2 Å². The molecule has 1 heterocycles. The molecule has 9 aromatic carbocycles. The summed E-state index contributed by atoms with van der Waals surface area (Å²) >= 11 is 0. The molecular weight excluding hydrogens is 607 g/mol. The van der Waals surface area contributed by atoms with E-state index >= 15 is 0 Å². The van der Waals surface area contributed by atoms with Crippen molar-refractivity contribution < 1.29 is 4.42 Å². The van der Waals surface area contributed by atoms with Crippen LogP contribution in [0.2, 0.25) is 0 Å². The summed E-state index contributed by atoms with van der Waals surface area (Å²) in [5.74, 6) is 0. The highest BCUT2D eigenvalue weighted by atomic mass is 16.3. The fourth-order valence-corrected chi connectivity index (χ4v) is 7.72. The summed E-state index contributed by atoms with van der Waals surface area (Å²) < 4.78 is 6.41. The second kappa shape index (κ2) is 11.5. The van der Waals surface area contributed by atoms with Crippen molar-refractivity contribution in [1.29, 1.82) is 0 Å². The van der Waals surface area contributed by atoms with Crippen LogP contribution in [0.25, 0.3) is 76.5 Å². The molecule has 0 fully saturated rings. The van der Waals surface area contributed by atoms with Gasteiger partial charge in [0.05, 0.1) is 5.69 Å². The highest BCUT2D eigenvalue weighted by Crippen LogP contribution is 2.44. The first kappa shape index (κ1) is 28.4. The maximum absolute atomic E-state index is 6.41. The van der Waals surface area contributed by atoms with E-state index in [9.17, 15) is 0 Å². The van der Waals surface area contributed by atoms with Gasteiger partial charge in [-0.25, -0.2) is 0 Å². The lowest BCUT2D eigenvalue weighted by molar-refractivity contribution is 0.669. The number of benzene rings is 9. The van der Waals surface area contributed by atoms with Gasteiger partial charge in [0.25, 0.3) is 0 Å². The first-order valence-corrected chi connectivity index (χ1v) is 17.1. The average Bonchev–Trinajstić information content (AvgIpc) is 3.57. The molecule has 10 aromatic rings. The predicted molar refractivity (Wildman–Crippen MR) is 212 cm³/mol. The summed E-state index contributed by atoms with van der Waals surface area (Å²) in [5, 5.41) is 9.72. The van der Waals surface area contributed by atoms with Crippen molar-refractivity contribution in [3.05, 3.63) is 188 Å². The predicted octanol–water partition coefficient (Wildman–Crippen LogP) is 13.8. The van der Waals surface area contributed by atoms with E-state index in [1.165, 1.54) is 54.6 Å². The fraction of sp³-hybridized carbons (Fsp3) is 0. The van der Waals surface area contributed by atoms with Crippen molar-refractivity contribution in [3.63, 3.8) is 0 Å². The van der Waals surface area contributed by atoms with Crippen LogP contribution in [0.15, 0.2) is 192 Å². The van der Waals surface area contributed by atoms with Gasteiger partial charge in [-0.3, -0.25) is 0 Å². The summed E-state index contributed by atoms with van der Waals surface area (Å²) in [5.41, 5.74) is 9.82. The summed E-state index contributed by atoms with van der Waals surface area (Å²) in [6, 6.07) is 67.5. The number of para-hydroxylation sites is 1. The minimum Gasteiger partial charge on any atom is -0.456 e. The molecule has 0 saturated carbocycles. The Kier molecular flexibility index (Phi) is 6.53. The van der Waals surface area contributed by atoms with Crippen molar-refractivity contribution in [2.45, 2.75) is 0 Å². The Hall–Kier alpha value is -6.64. The van der Waals surface area contributed by atoms with E-state index in [-0.39, 0.29) is 0 Å². The van der Waals surface area contributed by atoms with Crippen LogP contribution < -0.4 is 4.90 Å². The number of hydrogen-bond acceptors (Lipinski definition) is 2. The van der Waals surface area contributed by atoms with Gasteiger partial charge < -0.3 is 9.32 Å². The highest BCUT2D eigenvalue weighted by molar-refractivity contribution is 6.19. The Labute approximate surface area is 290 Å². The minimum absolute atomic E-state index is 0.884. The second-order valence-corrected chi connectivity index (χ2v) is 12.9. The van der Waals surface area contributed by atoms with E-state index in [2.05, 4.69) is 193 Å². The van der Waals surface area contributed by atoms with Crippen molar-refractivity contribution in [2.24, 2.45) is 0 Å². The molecule has 2 nitrogen and oxygen atoms in total. The normalized spacial score (nSPS) is 11.6. The monoisotopic (exact) mass is 637 g/mol. The van der Waals surface area contributed by atoms with E-state index in [4.69, 9.17) is 4.42 Å². The van der Waals surface area contributed by atoms with Gasteiger partial charge >= 0.3 is 0 Å². The topological polar surface area (TPSA) is 16.4 Å². The quantitative estimate of drug-likeness (QED) is 0.175. The van der Waals surface area contributed by atoms with Crippen LogP contribution in [0.3, 0.4) is 0 Å². The average molecular weight is 638 g/mol. The maximum atomic E-state index is 6.41. The third kappa shape index (κ3) is 4.57. The maximum Gasteiger partial charge on any atom is 0.136 e. The summed E-state index contributed by atoms with van der Waals surface area (Å²) in [6.45, 7) is 0. The van der Waals surface area contributed by atoms with Crippen LogP contribution in [-0.4, -0.2) is 0 Å². The Balaban J connectivity index is 1.18. The van der Waals surface area contributed by atoms with Crippen LogP contribution in [0.1, 0.15) is 0 Å². The summed E-state index contributed by atoms with van der Waals surface area (Å²) in [4.78, 5) is 2.38. The molecule has 1 aromatic heterocycles. The van der Waals surface area contributed by atoms with Gasteiger partial charge in [0, 0.05) is 27.7 Å². The fourth-order valence-electron chi connectivity index (χ4n) is 7.72. The lowest BCUT2D eigenvalue weighted by Gasteiger charge is -2.28. The van der Waals surface area contributed by atoms with Gasteiger partial charge in [0.15, 0.2) is 0 Å². The van der Waals surface area contributed by atoms with Crippen molar-refractivity contribution in [1.82, 2.24) is 0 Å². The van der Waals surface area contributed by atoms with Crippen LogP contribution in [0, 0.1) is 0 Å². The molecule has 50 heavy (non-hydrogen) atoms. The molecule has 0 amide bonds. The third-order valence-corrected chi connectivity index (χ3v) is 10.0. The molecule has 0 aliphatic carbocycles. The van der Waals surface area contributed by atoms with Crippen molar-refractivity contribution in [2.75, 3.05) is 4.90 Å². The zero-order chi connectivity index (χ0) is 33.0. The molecule has 0 aliphatic heterocycles. The summed E-state index contributed by atoms with van der Waals surface area (Å²) in [6.07, 6.45) is 0. The molecular formula is C48H31NO. The Morgan fingerprint density at radius 3 is 1.80 bits per heavy atom. The number of nitrogens with zero attached hydrogens (tertiary/aromatic N) is 1. The first-order valence-electron chi connectivity index (χ1n) is 17.1. The zero-order valence-corrected chi connectivity index (χ0v) is 27.3. The number of anilines is 3. The number of hydrogen-bond donors (Lipinski definition) is 0. The molecule has 0 radical (unpaired) electrons. The lowest BCUT2D eigenvalue weighted by atomic mass is 9.93. The molecule has 2 heteroatoms. The van der Waals surface area contributed by atoms with Crippen molar-refractivity contribution in [3.8, 4) is 22.3 Å². The van der Waals surface area contributed by atoms with Crippen molar-refractivity contribution >= 4 is 71.3 Å². The molecule has 0 aliphatic rings. The van der Waals surface area contributed by atoms with Gasteiger partial charge in [-0.1, -0.05) is 140 Å². The standard InChI is InChI=1S/C48H31NO/c1-2-12-32(13-3-1)39-17-10-11-21-45(39)49(37-27-29-46-44(31-37)48-40-18-7-4-14-33(40)24-28-47(48)50-46)36-25-22-34(23-26-36)43-30-35-15-5-6-16-38(35)41-19-8-9-20-42(41)43/h1-31H. The molecule has 0 bridgehead atoms. The van der Waals surface area contributed by atoms with Crippen LogP contribution >= 0.6 is 0 Å². The molecule has 10 rings (SSSR count). The van der Waals surface area contributed by atoms with E-state index in [1.807, 2.05) is 0 Å². The molecule has 0 saturated heterocycles. The Bertz CT molecular complexity index is 2870. The van der Waals surface area contributed by atoms with E-state index in [0.717, 1.165) is 39.0 Å². The van der Waals surface area contributed by atoms with Gasteiger partial charge in [-0.2, -0.15) is 0 Å². The van der Waals surface area contributed by atoms with Crippen LogP contribution in [0.5, 0.6) is 0 Å². The molecule has 234 valence electrons. The van der Waals surface area contributed by atoms with E-state index in [1.54, 1.807) is 0 Å². The largest absolute Gasteiger partial charge is 0.456 e. The SMILES string of the molecule is c1ccc(-c2ccccc2N(c2ccc(-c3cc4ccccc4c4ccccc34)cc2)c2ccc3oc4ccc5ccccc5c4c3c2)cc1. The second-order valence-electron chi connectivity index (χ2n) is 12.9. The zero-order valence-electron chi connectivity index (χ0n) is 27.3. The number of furan rings is 1. The van der Waals surface area contributed by atoms with Gasteiger partial charge in [-0.05, 0) is 97.5 Å². The molecule has 0 unspecified atom stereocenters. The Morgan fingerprint density at radius 1 is 0.340 bits per heavy atom. The highest BCUT2D eigenvalue weighted by Gasteiger charge is 2.20. The summed E-state index contributed by atoms with van der Waals surface area (Å²) in [7, 11) is 0. The van der Waals surface area contributed by atoms with Gasteiger partial charge in [0.2, 0.25) is 0 Å².